The van der Waals surface area contributed by atoms with Gasteiger partial charge in [-0.15, -0.1) is 0 Å². The topological polar surface area (TPSA) is 91.4 Å². The summed E-state index contributed by atoms with van der Waals surface area (Å²) < 4.78 is 38.9. The van der Waals surface area contributed by atoms with Crippen LogP contribution >= 0.6 is 23.2 Å². The molecule has 0 aliphatic carbocycles. The van der Waals surface area contributed by atoms with Gasteiger partial charge < -0.3 is 5.73 Å². The van der Waals surface area contributed by atoms with Crippen LogP contribution in [0.25, 0.3) is 5.69 Å². The Hall–Kier alpha value is -2.42. The van der Waals surface area contributed by atoms with Crippen molar-refractivity contribution < 1.29 is 13.2 Å². The van der Waals surface area contributed by atoms with Gasteiger partial charge in [-0.2, -0.15) is 28.8 Å². The third-order valence-corrected chi connectivity index (χ3v) is 3.27. The molecule has 5 nitrogen and oxygen atoms in total. The van der Waals surface area contributed by atoms with Crippen LogP contribution in [0.15, 0.2) is 12.1 Å². The summed E-state index contributed by atoms with van der Waals surface area (Å²) in [7, 11) is 0. The minimum absolute atomic E-state index is 0.146. The molecule has 2 rings (SSSR count). The summed E-state index contributed by atoms with van der Waals surface area (Å²) in [6.07, 6.45) is -4.63. The monoisotopic (exact) mass is 345 g/mol. The number of rotatable bonds is 1. The van der Waals surface area contributed by atoms with E-state index < -0.39 is 11.7 Å². The molecule has 112 valence electrons. The van der Waals surface area contributed by atoms with Crippen molar-refractivity contribution in [3.05, 3.63) is 39.0 Å². The van der Waals surface area contributed by atoms with Crippen LogP contribution in [0.3, 0.4) is 0 Å². The van der Waals surface area contributed by atoms with Crippen LogP contribution in [0.1, 0.15) is 16.8 Å². The van der Waals surface area contributed by atoms with E-state index in [2.05, 4.69) is 5.10 Å². The van der Waals surface area contributed by atoms with Gasteiger partial charge >= 0.3 is 6.18 Å². The Kier molecular flexibility index (Phi) is 3.92. The summed E-state index contributed by atoms with van der Waals surface area (Å²) >= 11 is 11.7. The van der Waals surface area contributed by atoms with Crippen molar-refractivity contribution in [3.8, 4) is 17.8 Å². The lowest BCUT2D eigenvalue weighted by Gasteiger charge is -2.13. The normalized spacial score (nSPS) is 11.0. The molecule has 0 saturated carbocycles. The highest BCUT2D eigenvalue weighted by Gasteiger charge is 2.32. The minimum Gasteiger partial charge on any atom is -0.382 e. The standard InChI is InChI=1S/C12H4Cl2F3N5/c13-7-1-5(12(15,16)17)2-8(14)10(7)22-11(20)6(3-18)9(4-19)21-22/h1-2H,20H2. The van der Waals surface area contributed by atoms with Gasteiger partial charge in [-0.3, -0.25) is 0 Å². The molecule has 0 fully saturated rings. The summed E-state index contributed by atoms with van der Waals surface area (Å²) in [6.45, 7) is 0. The Bertz CT molecular complexity index is 819. The lowest BCUT2D eigenvalue weighted by Crippen LogP contribution is -2.08. The van der Waals surface area contributed by atoms with E-state index in [1.807, 2.05) is 0 Å². The predicted molar refractivity (Wildman–Crippen MR) is 72.4 cm³/mol. The minimum atomic E-state index is -4.63. The smallest absolute Gasteiger partial charge is 0.382 e. The van der Waals surface area contributed by atoms with Gasteiger partial charge in [0.05, 0.1) is 15.6 Å². The number of anilines is 1. The molecule has 0 aliphatic heterocycles. The van der Waals surface area contributed by atoms with Crippen LogP contribution in [0.2, 0.25) is 10.0 Å². The molecule has 22 heavy (non-hydrogen) atoms. The first kappa shape index (κ1) is 16.0. The van der Waals surface area contributed by atoms with Crippen molar-refractivity contribution in [2.24, 2.45) is 0 Å². The van der Waals surface area contributed by atoms with E-state index in [-0.39, 0.29) is 32.8 Å². The van der Waals surface area contributed by atoms with Gasteiger partial charge in [0.1, 0.15) is 29.2 Å². The third kappa shape index (κ3) is 2.54. The highest BCUT2D eigenvalue weighted by Crippen LogP contribution is 2.38. The molecule has 0 aliphatic rings. The maximum absolute atomic E-state index is 12.7. The van der Waals surface area contributed by atoms with Crippen LogP contribution in [0.4, 0.5) is 19.0 Å². The second-order valence-corrected chi connectivity index (χ2v) is 4.84. The van der Waals surface area contributed by atoms with Crippen LogP contribution in [0, 0.1) is 22.7 Å². The molecule has 1 aromatic carbocycles. The number of alkyl halides is 3. The third-order valence-electron chi connectivity index (χ3n) is 2.69. The fourth-order valence-electron chi connectivity index (χ4n) is 1.72. The molecule has 10 heteroatoms. The highest BCUT2D eigenvalue weighted by atomic mass is 35.5. The molecule has 2 N–H and O–H groups in total. The molecule has 0 bridgehead atoms. The predicted octanol–water partition coefficient (Wildman–Crippen LogP) is 3.52. The van der Waals surface area contributed by atoms with Crippen molar-refractivity contribution in [1.82, 2.24) is 9.78 Å². The maximum atomic E-state index is 12.7. The second kappa shape index (κ2) is 5.41. The molecule has 0 saturated heterocycles. The molecular weight excluding hydrogens is 342 g/mol. The molecule has 1 heterocycles. The number of nitrogens with two attached hydrogens (primary N) is 1. The van der Waals surface area contributed by atoms with Crippen LogP contribution < -0.4 is 5.73 Å². The van der Waals surface area contributed by atoms with Crippen molar-refractivity contribution in [3.63, 3.8) is 0 Å². The van der Waals surface area contributed by atoms with E-state index in [1.54, 1.807) is 12.1 Å². The Morgan fingerprint density at radius 1 is 1.14 bits per heavy atom. The van der Waals surface area contributed by atoms with Crippen LogP contribution in [-0.4, -0.2) is 9.78 Å². The average molecular weight is 346 g/mol. The maximum Gasteiger partial charge on any atom is 0.416 e. The number of nitrogens with zero attached hydrogens (tertiary/aromatic N) is 4. The summed E-state index contributed by atoms with van der Waals surface area (Å²) in [5.74, 6) is -0.248. The highest BCUT2D eigenvalue weighted by molar-refractivity contribution is 6.38. The first-order valence-electron chi connectivity index (χ1n) is 5.46. The largest absolute Gasteiger partial charge is 0.416 e. The van der Waals surface area contributed by atoms with Gasteiger partial charge in [0.2, 0.25) is 0 Å². The van der Waals surface area contributed by atoms with Gasteiger partial charge in [0.25, 0.3) is 0 Å². The van der Waals surface area contributed by atoms with Crippen molar-refractivity contribution >= 4 is 29.0 Å². The number of benzene rings is 1. The van der Waals surface area contributed by atoms with Gasteiger partial charge in [-0.1, -0.05) is 23.2 Å². The molecule has 0 spiro atoms. The van der Waals surface area contributed by atoms with E-state index in [0.717, 1.165) is 4.68 Å². The number of halogens is 5. The van der Waals surface area contributed by atoms with Crippen molar-refractivity contribution in [2.45, 2.75) is 6.18 Å². The Labute approximate surface area is 131 Å². The fraction of sp³-hybridized carbons (Fsp3) is 0.0833. The SMILES string of the molecule is N#Cc1nn(-c2c(Cl)cc(C(F)(F)F)cc2Cl)c(N)c1C#N. The molecule has 0 radical (unpaired) electrons. The van der Waals surface area contributed by atoms with E-state index in [4.69, 9.17) is 39.5 Å². The molecule has 1 aromatic heterocycles. The second-order valence-electron chi connectivity index (χ2n) is 4.03. The first-order valence-corrected chi connectivity index (χ1v) is 6.21. The molecule has 2 aromatic rings. The van der Waals surface area contributed by atoms with E-state index in [9.17, 15) is 13.2 Å². The molecule has 0 amide bonds. The fourth-order valence-corrected chi connectivity index (χ4v) is 2.37. The Morgan fingerprint density at radius 2 is 1.68 bits per heavy atom. The van der Waals surface area contributed by atoms with Gasteiger partial charge in [-0.05, 0) is 12.1 Å². The van der Waals surface area contributed by atoms with Crippen molar-refractivity contribution in [2.75, 3.05) is 5.73 Å². The Morgan fingerprint density at radius 3 is 2.05 bits per heavy atom. The summed E-state index contributed by atoms with van der Waals surface area (Å²) in [6, 6.07) is 4.64. The zero-order valence-electron chi connectivity index (χ0n) is 10.4. The molecular formula is C12H4Cl2F3N5. The molecule has 0 atom stereocenters. The summed E-state index contributed by atoms with van der Waals surface area (Å²) in [5, 5.41) is 20.8. The zero-order chi connectivity index (χ0) is 16.7. The van der Waals surface area contributed by atoms with E-state index in [0.29, 0.717) is 12.1 Å². The molecule has 0 unspecified atom stereocenters. The van der Waals surface area contributed by atoms with E-state index in [1.165, 1.54) is 0 Å². The van der Waals surface area contributed by atoms with E-state index >= 15 is 0 Å². The lowest BCUT2D eigenvalue weighted by molar-refractivity contribution is -0.137. The van der Waals surface area contributed by atoms with Crippen molar-refractivity contribution in [1.29, 1.82) is 10.5 Å². The van der Waals surface area contributed by atoms with Gasteiger partial charge in [-0.25, -0.2) is 4.68 Å². The first-order chi connectivity index (χ1) is 10.2. The van der Waals surface area contributed by atoms with Crippen LogP contribution in [0.5, 0.6) is 0 Å². The number of nitriles is 2. The zero-order valence-corrected chi connectivity index (χ0v) is 11.9. The van der Waals surface area contributed by atoms with Gasteiger partial charge in [0, 0.05) is 0 Å². The van der Waals surface area contributed by atoms with Gasteiger partial charge in [0.15, 0.2) is 5.69 Å². The number of aromatic nitrogens is 2. The number of hydrogen-bond donors (Lipinski definition) is 1. The average Bonchev–Trinajstić information content (AvgIpc) is 2.73. The number of hydrogen-bond acceptors (Lipinski definition) is 4. The lowest BCUT2D eigenvalue weighted by atomic mass is 10.2. The summed E-state index contributed by atoms with van der Waals surface area (Å²) in [5.41, 5.74) is 3.98. The van der Waals surface area contributed by atoms with Crippen LogP contribution in [-0.2, 0) is 6.18 Å². The Balaban J connectivity index is 2.73. The quantitative estimate of drug-likeness (QED) is 0.855. The number of nitrogen functional groups attached to an aromatic ring is 1. The summed E-state index contributed by atoms with van der Waals surface area (Å²) in [4.78, 5) is 0.